The van der Waals surface area contributed by atoms with E-state index >= 15 is 0 Å². The van der Waals surface area contributed by atoms with Crippen LogP contribution in [0.1, 0.15) is 38.3 Å². The lowest BCUT2D eigenvalue weighted by atomic mass is 9.83. The predicted octanol–water partition coefficient (Wildman–Crippen LogP) is 3.84. The topological polar surface area (TPSA) is 0 Å². The monoisotopic (exact) mass is 188 g/mol. The van der Waals surface area contributed by atoms with Gasteiger partial charge in [-0.1, -0.05) is 45.0 Å². The van der Waals surface area contributed by atoms with Crippen molar-refractivity contribution in [3.63, 3.8) is 0 Å². The van der Waals surface area contributed by atoms with Crippen LogP contribution in [0.2, 0.25) is 0 Å². The maximum atomic E-state index is 2.34. The molecule has 0 bridgehead atoms. The van der Waals surface area contributed by atoms with Crippen molar-refractivity contribution >= 4 is 0 Å². The summed E-state index contributed by atoms with van der Waals surface area (Å²) >= 11 is 0. The van der Waals surface area contributed by atoms with Crippen LogP contribution in [-0.2, 0) is 12.8 Å². The molecule has 0 saturated heterocycles. The molecule has 14 heavy (non-hydrogen) atoms. The van der Waals surface area contributed by atoms with Crippen LogP contribution in [0.15, 0.2) is 24.3 Å². The maximum absolute atomic E-state index is 2.34. The van der Waals surface area contributed by atoms with Crippen LogP contribution in [0.25, 0.3) is 0 Å². The third-order valence-corrected chi connectivity index (χ3v) is 3.04. The van der Waals surface area contributed by atoms with Gasteiger partial charge < -0.3 is 0 Å². The molecule has 0 aliphatic heterocycles. The Morgan fingerprint density at radius 2 is 1.57 bits per heavy atom. The summed E-state index contributed by atoms with van der Waals surface area (Å²) in [5.74, 6) is 0.882. The first-order valence-corrected chi connectivity index (χ1v) is 5.61. The quantitative estimate of drug-likeness (QED) is 0.628. The van der Waals surface area contributed by atoms with E-state index in [9.17, 15) is 0 Å². The van der Waals surface area contributed by atoms with Crippen molar-refractivity contribution in [2.24, 2.45) is 11.3 Å². The molecule has 2 rings (SSSR count). The van der Waals surface area contributed by atoms with Crippen LogP contribution >= 0.6 is 0 Å². The zero-order valence-corrected chi connectivity index (χ0v) is 9.51. The largest absolute Gasteiger partial charge is 0.0620 e. The fourth-order valence-electron chi connectivity index (χ4n) is 2.66. The normalized spacial score (nSPS) is 17.1. The molecule has 0 fully saturated rings. The molecule has 0 saturated carbocycles. The standard InChI is InChI=1S/C14H20/c1-14(2,3)10-11-8-12-6-4-5-7-13(12)9-11/h4-7,11H,8-10H2,1-3H3. The van der Waals surface area contributed by atoms with Gasteiger partial charge in [0.25, 0.3) is 0 Å². The molecule has 0 radical (unpaired) electrons. The van der Waals surface area contributed by atoms with Gasteiger partial charge in [-0.25, -0.2) is 0 Å². The van der Waals surface area contributed by atoms with Crippen molar-refractivity contribution in [3.05, 3.63) is 35.4 Å². The molecule has 0 spiro atoms. The summed E-state index contributed by atoms with van der Waals surface area (Å²) in [4.78, 5) is 0. The average Bonchev–Trinajstić information content (AvgIpc) is 2.42. The second-order valence-electron chi connectivity index (χ2n) is 5.81. The molecular formula is C14H20. The Morgan fingerprint density at radius 1 is 1.07 bits per heavy atom. The van der Waals surface area contributed by atoms with Crippen molar-refractivity contribution in [3.8, 4) is 0 Å². The van der Waals surface area contributed by atoms with Crippen LogP contribution < -0.4 is 0 Å². The van der Waals surface area contributed by atoms with Crippen molar-refractivity contribution in [1.82, 2.24) is 0 Å². The maximum Gasteiger partial charge on any atom is -0.0244 e. The lowest BCUT2D eigenvalue weighted by Gasteiger charge is -2.22. The van der Waals surface area contributed by atoms with Gasteiger partial charge in [-0.2, -0.15) is 0 Å². The Kier molecular flexibility index (Phi) is 2.38. The van der Waals surface area contributed by atoms with Gasteiger partial charge >= 0.3 is 0 Å². The molecule has 0 amide bonds. The highest BCUT2D eigenvalue weighted by Crippen LogP contribution is 2.34. The van der Waals surface area contributed by atoms with Crippen molar-refractivity contribution in [1.29, 1.82) is 0 Å². The number of rotatable bonds is 1. The first-order chi connectivity index (χ1) is 6.54. The number of benzene rings is 1. The fourth-order valence-corrected chi connectivity index (χ4v) is 2.66. The van der Waals surface area contributed by atoms with Crippen molar-refractivity contribution in [2.45, 2.75) is 40.0 Å². The van der Waals surface area contributed by atoms with E-state index in [1.165, 1.54) is 19.3 Å². The molecule has 1 aliphatic rings. The zero-order valence-electron chi connectivity index (χ0n) is 9.51. The second-order valence-corrected chi connectivity index (χ2v) is 5.81. The lowest BCUT2D eigenvalue weighted by Crippen LogP contribution is -2.13. The van der Waals surface area contributed by atoms with Gasteiger partial charge in [-0.05, 0) is 41.7 Å². The highest BCUT2D eigenvalue weighted by molar-refractivity contribution is 5.32. The van der Waals surface area contributed by atoms with E-state index in [-0.39, 0.29) is 0 Å². The minimum absolute atomic E-state index is 0.479. The molecule has 0 heteroatoms. The lowest BCUT2D eigenvalue weighted by molar-refractivity contribution is 0.300. The van der Waals surface area contributed by atoms with Crippen LogP contribution in [0.4, 0.5) is 0 Å². The summed E-state index contributed by atoms with van der Waals surface area (Å²) in [6.45, 7) is 7.03. The van der Waals surface area contributed by atoms with E-state index in [2.05, 4.69) is 45.0 Å². The van der Waals surface area contributed by atoms with Crippen LogP contribution in [-0.4, -0.2) is 0 Å². The first-order valence-electron chi connectivity index (χ1n) is 5.61. The molecule has 1 aromatic carbocycles. The molecule has 0 heterocycles. The molecule has 0 atom stereocenters. The molecule has 76 valence electrons. The van der Waals surface area contributed by atoms with Gasteiger partial charge in [0.15, 0.2) is 0 Å². The third-order valence-electron chi connectivity index (χ3n) is 3.04. The summed E-state index contributed by atoms with van der Waals surface area (Å²) in [6, 6.07) is 8.91. The summed E-state index contributed by atoms with van der Waals surface area (Å²) in [6.07, 6.45) is 3.95. The van der Waals surface area contributed by atoms with Gasteiger partial charge in [-0.3, -0.25) is 0 Å². The zero-order chi connectivity index (χ0) is 10.2. The van der Waals surface area contributed by atoms with E-state index in [0.29, 0.717) is 5.41 Å². The summed E-state index contributed by atoms with van der Waals surface area (Å²) in [5, 5.41) is 0. The van der Waals surface area contributed by atoms with Crippen LogP contribution in [0, 0.1) is 11.3 Å². The molecular weight excluding hydrogens is 168 g/mol. The van der Waals surface area contributed by atoms with Gasteiger partial charge in [0.1, 0.15) is 0 Å². The van der Waals surface area contributed by atoms with Gasteiger partial charge in [0.05, 0.1) is 0 Å². The Hall–Kier alpha value is -0.780. The Labute approximate surface area is 87.3 Å². The third kappa shape index (κ3) is 2.17. The summed E-state index contributed by atoms with van der Waals surface area (Å²) in [7, 11) is 0. The van der Waals surface area contributed by atoms with Gasteiger partial charge in [0.2, 0.25) is 0 Å². The van der Waals surface area contributed by atoms with Gasteiger partial charge in [-0.15, -0.1) is 0 Å². The Morgan fingerprint density at radius 3 is 2.00 bits per heavy atom. The second kappa shape index (κ2) is 3.42. The van der Waals surface area contributed by atoms with E-state index < -0.39 is 0 Å². The van der Waals surface area contributed by atoms with Crippen LogP contribution in [0.5, 0.6) is 0 Å². The number of hydrogen-bond acceptors (Lipinski definition) is 0. The number of fused-ring (bicyclic) bond motifs is 1. The summed E-state index contributed by atoms with van der Waals surface area (Å²) in [5.41, 5.74) is 3.65. The Bertz CT molecular complexity index is 292. The first kappa shape index (κ1) is 9.76. The van der Waals surface area contributed by atoms with E-state index in [1.807, 2.05) is 0 Å². The predicted molar refractivity (Wildman–Crippen MR) is 61.4 cm³/mol. The molecule has 0 aromatic heterocycles. The summed E-state index contributed by atoms with van der Waals surface area (Å²) < 4.78 is 0. The minimum atomic E-state index is 0.479. The molecule has 0 nitrogen and oxygen atoms in total. The number of hydrogen-bond donors (Lipinski definition) is 0. The molecule has 0 unspecified atom stereocenters. The van der Waals surface area contributed by atoms with Gasteiger partial charge in [0, 0.05) is 0 Å². The SMILES string of the molecule is CC(C)(C)CC1Cc2ccccc2C1. The smallest absolute Gasteiger partial charge is 0.0244 e. The average molecular weight is 188 g/mol. The molecule has 1 aromatic rings. The van der Waals surface area contributed by atoms with Crippen molar-refractivity contribution in [2.75, 3.05) is 0 Å². The Balaban J connectivity index is 2.05. The van der Waals surface area contributed by atoms with Crippen molar-refractivity contribution < 1.29 is 0 Å². The highest BCUT2D eigenvalue weighted by Gasteiger charge is 2.25. The molecule has 1 aliphatic carbocycles. The fraction of sp³-hybridized carbons (Fsp3) is 0.571. The van der Waals surface area contributed by atoms with E-state index in [1.54, 1.807) is 11.1 Å². The highest BCUT2D eigenvalue weighted by atomic mass is 14.3. The molecule has 0 N–H and O–H groups in total. The van der Waals surface area contributed by atoms with E-state index in [4.69, 9.17) is 0 Å². The minimum Gasteiger partial charge on any atom is -0.0620 e. The van der Waals surface area contributed by atoms with Crippen LogP contribution in [0.3, 0.4) is 0 Å². The van der Waals surface area contributed by atoms with E-state index in [0.717, 1.165) is 5.92 Å².